The molecule has 156 valence electrons. The van der Waals surface area contributed by atoms with Gasteiger partial charge in [0.1, 0.15) is 5.82 Å². The van der Waals surface area contributed by atoms with Crippen LogP contribution in [0.1, 0.15) is 23.4 Å². The third-order valence-electron chi connectivity index (χ3n) is 4.55. The monoisotopic (exact) mass is 532 g/mol. The second-order valence-electron chi connectivity index (χ2n) is 6.79. The molecule has 0 atom stereocenters. The number of allylic oxidation sites excluding steroid dienone is 1. The summed E-state index contributed by atoms with van der Waals surface area (Å²) in [4.78, 5) is 12.1. The Kier molecular flexibility index (Phi) is 8.95. The van der Waals surface area contributed by atoms with Gasteiger partial charge in [-0.1, -0.05) is 60.3 Å². The standard InChI is InChI=1S/C23H25IN4OS/c1-2-15-28-21(13-10-18-8-11-20(24)12-9-18)26-27-23(28)30-16-14-22(29)25-17-19-6-4-3-5-7-19/h2-9,11-12H,1,10,13-17H2,(H,25,29). The summed E-state index contributed by atoms with van der Waals surface area (Å²) in [6.07, 6.45) is 4.03. The zero-order chi connectivity index (χ0) is 21.2. The van der Waals surface area contributed by atoms with Gasteiger partial charge in [0.15, 0.2) is 5.16 Å². The first-order valence-corrected chi connectivity index (χ1v) is 11.9. The van der Waals surface area contributed by atoms with Crippen molar-refractivity contribution in [3.63, 3.8) is 0 Å². The average molecular weight is 532 g/mol. The summed E-state index contributed by atoms with van der Waals surface area (Å²) in [5.74, 6) is 1.65. The molecule has 7 heteroatoms. The first kappa shape index (κ1) is 22.6. The molecule has 1 heterocycles. The Morgan fingerprint density at radius 3 is 2.57 bits per heavy atom. The minimum absolute atomic E-state index is 0.0417. The summed E-state index contributed by atoms with van der Waals surface area (Å²) in [5, 5.41) is 12.5. The van der Waals surface area contributed by atoms with Crippen LogP contribution in [-0.2, 0) is 30.7 Å². The summed E-state index contributed by atoms with van der Waals surface area (Å²) < 4.78 is 3.32. The van der Waals surface area contributed by atoms with Gasteiger partial charge >= 0.3 is 0 Å². The summed E-state index contributed by atoms with van der Waals surface area (Å²) >= 11 is 3.87. The minimum atomic E-state index is 0.0417. The Labute approximate surface area is 195 Å². The molecule has 5 nitrogen and oxygen atoms in total. The normalized spacial score (nSPS) is 10.7. The summed E-state index contributed by atoms with van der Waals surface area (Å²) in [5.41, 5.74) is 2.38. The largest absolute Gasteiger partial charge is 0.352 e. The van der Waals surface area contributed by atoms with Gasteiger partial charge in [-0.3, -0.25) is 4.79 Å². The number of carbonyl (C=O) groups is 1. The van der Waals surface area contributed by atoms with Crippen molar-refractivity contribution in [2.75, 3.05) is 5.75 Å². The van der Waals surface area contributed by atoms with Gasteiger partial charge in [0.25, 0.3) is 0 Å². The molecule has 0 aliphatic carbocycles. The van der Waals surface area contributed by atoms with Crippen LogP contribution in [0.4, 0.5) is 0 Å². The Balaban J connectivity index is 1.49. The van der Waals surface area contributed by atoms with Crippen molar-refractivity contribution < 1.29 is 4.79 Å². The highest BCUT2D eigenvalue weighted by molar-refractivity contribution is 14.1. The molecule has 0 bridgehead atoms. The lowest BCUT2D eigenvalue weighted by atomic mass is 10.1. The predicted molar refractivity (Wildman–Crippen MR) is 130 cm³/mol. The van der Waals surface area contributed by atoms with E-state index in [9.17, 15) is 4.79 Å². The molecule has 0 unspecified atom stereocenters. The quantitative estimate of drug-likeness (QED) is 0.222. The summed E-state index contributed by atoms with van der Waals surface area (Å²) in [6.45, 7) is 5.08. The Hall–Kier alpha value is -2.13. The van der Waals surface area contributed by atoms with Crippen LogP contribution >= 0.6 is 34.4 Å². The van der Waals surface area contributed by atoms with Crippen molar-refractivity contribution in [1.29, 1.82) is 0 Å². The molecule has 0 aliphatic heterocycles. The number of hydrogen-bond donors (Lipinski definition) is 1. The zero-order valence-corrected chi connectivity index (χ0v) is 19.7. The van der Waals surface area contributed by atoms with Gasteiger partial charge in [0.05, 0.1) is 0 Å². The van der Waals surface area contributed by atoms with Crippen molar-refractivity contribution >= 4 is 40.3 Å². The fourth-order valence-corrected chi connectivity index (χ4v) is 4.21. The molecule has 30 heavy (non-hydrogen) atoms. The van der Waals surface area contributed by atoms with Gasteiger partial charge < -0.3 is 9.88 Å². The van der Waals surface area contributed by atoms with Crippen LogP contribution in [0, 0.1) is 3.57 Å². The molecule has 0 saturated carbocycles. The number of rotatable bonds is 11. The van der Waals surface area contributed by atoms with Gasteiger partial charge in [-0.05, 0) is 52.3 Å². The second kappa shape index (κ2) is 11.9. The summed E-state index contributed by atoms with van der Waals surface area (Å²) in [7, 11) is 0. The smallest absolute Gasteiger partial charge is 0.221 e. The van der Waals surface area contributed by atoms with Crippen LogP contribution in [0.3, 0.4) is 0 Å². The summed E-state index contributed by atoms with van der Waals surface area (Å²) in [6, 6.07) is 18.5. The predicted octanol–water partition coefficient (Wildman–Crippen LogP) is 4.65. The van der Waals surface area contributed by atoms with E-state index in [-0.39, 0.29) is 5.91 Å². The van der Waals surface area contributed by atoms with Crippen LogP contribution < -0.4 is 5.32 Å². The number of nitrogens with zero attached hydrogens (tertiary/aromatic N) is 3. The van der Waals surface area contributed by atoms with Gasteiger partial charge in [0, 0.05) is 35.3 Å². The highest BCUT2D eigenvalue weighted by Crippen LogP contribution is 2.19. The Morgan fingerprint density at radius 2 is 1.83 bits per heavy atom. The van der Waals surface area contributed by atoms with E-state index in [1.807, 2.05) is 36.4 Å². The molecule has 1 aromatic heterocycles. The topological polar surface area (TPSA) is 59.8 Å². The fraction of sp³-hybridized carbons (Fsp3) is 0.261. The molecule has 0 aliphatic rings. The van der Waals surface area contributed by atoms with Crippen molar-refractivity contribution in [2.45, 2.75) is 37.5 Å². The average Bonchev–Trinajstić information content (AvgIpc) is 3.14. The molecule has 1 N–H and O–H groups in total. The second-order valence-corrected chi connectivity index (χ2v) is 9.09. The van der Waals surface area contributed by atoms with Gasteiger partial charge in [-0.15, -0.1) is 16.8 Å². The maximum atomic E-state index is 12.1. The van der Waals surface area contributed by atoms with Gasteiger partial charge in [0.2, 0.25) is 5.91 Å². The van der Waals surface area contributed by atoms with Crippen LogP contribution in [0.5, 0.6) is 0 Å². The number of thioether (sulfide) groups is 1. The highest BCUT2D eigenvalue weighted by atomic mass is 127. The molecule has 1 amide bonds. The fourth-order valence-electron chi connectivity index (χ4n) is 2.95. The van der Waals surface area contributed by atoms with E-state index >= 15 is 0 Å². The van der Waals surface area contributed by atoms with E-state index in [2.05, 4.69) is 73.5 Å². The number of carbonyl (C=O) groups excluding carboxylic acids is 1. The number of aryl methyl sites for hydroxylation is 2. The molecule has 0 radical (unpaired) electrons. The van der Waals surface area contributed by atoms with Crippen LogP contribution in [-0.4, -0.2) is 26.4 Å². The third kappa shape index (κ3) is 6.98. The lowest BCUT2D eigenvalue weighted by Gasteiger charge is -2.08. The van der Waals surface area contributed by atoms with Crippen molar-refractivity contribution in [2.24, 2.45) is 0 Å². The number of hydrogen-bond acceptors (Lipinski definition) is 4. The molecule has 2 aromatic carbocycles. The van der Waals surface area contributed by atoms with E-state index in [1.54, 1.807) is 11.8 Å². The number of nitrogens with one attached hydrogen (secondary N) is 1. The van der Waals surface area contributed by atoms with E-state index in [0.717, 1.165) is 29.4 Å². The van der Waals surface area contributed by atoms with Crippen LogP contribution in [0.15, 0.2) is 72.4 Å². The lowest BCUT2D eigenvalue weighted by Crippen LogP contribution is -2.23. The zero-order valence-electron chi connectivity index (χ0n) is 16.8. The maximum Gasteiger partial charge on any atom is 0.221 e. The first-order chi connectivity index (χ1) is 14.7. The first-order valence-electron chi connectivity index (χ1n) is 9.86. The molecular weight excluding hydrogens is 507 g/mol. The minimum Gasteiger partial charge on any atom is -0.352 e. The molecule has 0 fully saturated rings. The number of amides is 1. The van der Waals surface area contributed by atoms with E-state index in [0.29, 0.717) is 25.3 Å². The van der Waals surface area contributed by atoms with Gasteiger partial charge in [-0.25, -0.2) is 0 Å². The Morgan fingerprint density at radius 1 is 1.07 bits per heavy atom. The number of benzene rings is 2. The Bertz CT molecular complexity index is 957. The van der Waals surface area contributed by atoms with E-state index in [4.69, 9.17) is 0 Å². The van der Waals surface area contributed by atoms with Gasteiger partial charge in [-0.2, -0.15) is 0 Å². The van der Waals surface area contributed by atoms with E-state index in [1.165, 1.54) is 9.13 Å². The molecule has 0 spiro atoms. The van der Waals surface area contributed by atoms with Crippen LogP contribution in [0.2, 0.25) is 0 Å². The maximum absolute atomic E-state index is 12.1. The highest BCUT2D eigenvalue weighted by Gasteiger charge is 2.12. The van der Waals surface area contributed by atoms with Crippen molar-refractivity contribution in [1.82, 2.24) is 20.1 Å². The third-order valence-corrected chi connectivity index (χ3v) is 6.24. The molecule has 0 saturated heterocycles. The van der Waals surface area contributed by atoms with Crippen molar-refractivity contribution in [3.8, 4) is 0 Å². The number of halogens is 1. The number of aromatic nitrogens is 3. The molecule has 3 aromatic rings. The van der Waals surface area contributed by atoms with E-state index < -0.39 is 0 Å². The van der Waals surface area contributed by atoms with Crippen molar-refractivity contribution in [3.05, 3.63) is 87.8 Å². The molecular formula is C23H25IN4OS. The van der Waals surface area contributed by atoms with Crippen LogP contribution in [0.25, 0.3) is 0 Å². The lowest BCUT2D eigenvalue weighted by molar-refractivity contribution is -0.120. The SMILES string of the molecule is C=CCn1c(CCc2ccc(I)cc2)nnc1SCCC(=O)NCc1ccccc1. The molecule has 3 rings (SSSR count).